The molecule has 0 fully saturated rings. The van der Waals surface area contributed by atoms with Gasteiger partial charge in [-0.05, 0) is 12.1 Å². The summed E-state index contributed by atoms with van der Waals surface area (Å²) in [6, 6.07) is 7.11. The summed E-state index contributed by atoms with van der Waals surface area (Å²) >= 11 is 0. The third-order valence-corrected chi connectivity index (χ3v) is 1.17. The molecule has 0 aliphatic heterocycles. The first-order valence-corrected chi connectivity index (χ1v) is 2.80. The van der Waals surface area contributed by atoms with Gasteiger partial charge in [-0.3, -0.25) is 0 Å². The van der Waals surface area contributed by atoms with Crippen LogP contribution in [0.3, 0.4) is 0 Å². The number of para-hydroxylation sites is 2. The molecule has 0 atom stereocenters. The number of aromatic hydroxyl groups is 1. The molecule has 56 valence electrons. The molecule has 2 N–H and O–H groups in total. The van der Waals surface area contributed by atoms with Gasteiger partial charge in [-0.15, -0.1) is 12.4 Å². The van der Waals surface area contributed by atoms with Crippen molar-refractivity contribution in [3.63, 3.8) is 0 Å². The van der Waals surface area contributed by atoms with E-state index in [4.69, 9.17) is 5.11 Å². The summed E-state index contributed by atoms with van der Waals surface area (Å²) in [6.45, 7) is 0. The number of benzene rings is 1. The minimum Gasteiger partial charge on any atom is -0.506 e. The van der Waals surface area contributed by atoms with Crippen molar-refractivity contribution >= 4 is 18.1 Å². The molecule has 0 unspecified atom stereocenters. The summed E-state index contributed by atoms with van der Waals surface area (Å²) in [7, 11) is 1.77. The van der Waals surface area contributed by atoms with Gasteiger partial charge in [0.05, 0.1) is 5.69 Å². The first-order valence-electron chi connectivity index (χ1n) is 2.80. The van der Waals surface area contributed by atoms with Gasteiger partial charge in [-0.1, -0.05) is 12.1 Å². The van der Waals surface area contributed by atoms with Gasteiger partial charge in [0.1, 0.15) is 5.75 Å². The molecule has 0 spiro atoms. The van der Waals surface area contributed by atoms with Crippen molar-refractivity contribution in [2.45, 2.75) is 0 Å². The lowest BCUT2D eigenvalue weighted by atomic mass is 10.3. The summed E-state index contributed by atoms with van der Waals surface area (Å²) in [4.78, 5) is 0. The number of rotatable bonds is 1. The minimum absolute atomic E-state index is 0. The van der Waals surface area contributed by atoms with Gasteiger partial charge in [-0.2, -0.15) is 0 Å². The molecule has 0 aromatic heterocycles. The van der Waals surface area contributed by atoms with Crippen LogP contribution in [0.15, 0.2) is 24.3 Å². The number of halogens is 1. The van der Waals surface area contributed by atoms with E-state index in [0.29, 0.717) is 5.75 Å². The molecule has 0 saturated carbocycles. The first-order chi connectivity index (χ1) is 4.34. The second kappa shape index (κ2) is 4.01. The number of hydrogen-bond donors (Lipinski definition) is 2. The van der Waals surface area contributed by atoms with Crippen molar-refractivity contribution in [2.75, 3.05) is 12.4 Å². The Morgan fingerprint density at radius 3 is 2.30 bits per heavy atom. The first kappa shape index (κ1) is 9.11. The van der Waals surface area contributed by atoms with Crippen LogP contribution in [0, 0.1) is 0 Å². The van der Waals surface area contributed by atoms with E-state index in [1.807, 2.05) is 12.1 Å². The number of phenolic OH excluding ortho intramolecular Hbond substituents is 1. The van der Waals surface area contributed by atoms with Crippen molar-refractivity contribution < 1.29 is 5.11 Å². The highest BCUT2D eigenvalue weighted by Crippen LogP contribution is 2.19. The molecular weight excluding hydrogens is 150 g/mol. The molecule has 0 aliphatic rings. The van der Waals surface area contributed by atoms with Crippen LogP contribution in [0.1, 0.15) is 0 Å². The molecule has 10 heavy (non-hydrogen) atoms. The van der Waals surface area contributed by atoms with Gasteiger partial charge >= 0.3 is 0 Å². The molecule has 0 radical (unpaired) electrons. The number of hydrogen-bond acceptors (Lipinski definition) is 2. The maximum absolute atomic E-state index is 9.05. The average molecular weight is 160 g/mol. The van der Waals surface area contributed by atoms with Crippen LogP contribution in [0.25, 0.3) is 0 Å². The molecule has 0 bridgehead atoms. The van der Waals surface area contributed by atoms with Crippen molar-refractivity contribution in [3.05, 3.63) is 24.3 Å². The second-order valence-corrected chi connectivity index (χ2v) is 1.77. The highest BCUT2D eigenvalue weighted by molar-refractivity contribution is 5.85. The monoisotopic (exact) mass is 159 g/mol. The Morgan fingerprint density at radius 1 is 1.30 bits per heavy atom. The van der Waals surface area contributed by atoms with Gasteiger partial charge < -0.3 is 10.4 Å². The van der Waals surface area contributed by atoms with Gasteiger partial charge in [0.2, 0.25) is 0 Å². The van der Waals surface area contributed by atoms with E-state index >= 15 is 0 Å². The van der Waals surface area contributed by atoms with Gasteiger partial charge in [0, 0.05) is 7.05 Å². The smallest absolute Gasteiger partial charge is 0.138 e. The Kier molecular flexibility index (Phi) is 3.65. The van der Waals surface area contributed by atoms with E-state index in [0.717, 1.165) is 5.69 Å². The maximum atomic E-state index is 9.05. The molecule has 1 rings (SSSR count). The molecular formula is C7H10ClNO. The van der Waals surface area contributed by atoms with Gasteiger partial charge in [0.15, 0.2) is 0 Å². The third kappa shape index (κ3) is 1.81. The Morgan fingerprint density at radius 2 is 1.90 bits per heavy atom. The predicted molar refractivity (Wildman–Crippen MR) is 44.9 cm³/mol. The van der Waals surface area contributed by atoms with Crippen LogP contribution in [-0.2, 0) is 0 Å². The van der Waals surface area contributed by atoms with Crippen LogP contribution in [0.2, 0.25) is 0 Å². The van der Waals surface area contributed by atoms with Crippen molar-refractivity contribution in [1.82, 2.24) is 0 Å². The fourth-order valence-corrected chi connectivity index (χ4v) is 0.685. The van der Waals surface area contributed by atoms with Crippen LogP contribution < -0.4 is 5.32 Å². The largest absolute Gasteiger partial charge is 0.506 e. The SMILES string of the molecule is CNc1ccccc1O.Cl. The molecule has 0 aliphatic carbocycles. The lowest BCUT2D eigenvalue weighted by Gasteiger charge is -1.99. The van der Waals surface area contributed by atoms with Crippen LogP contribution in [-0.4, -0.2) is 12.2 Å². The fraction of sp³-hybridized carbons (Fsp3) is 0.143. The zero-order chi connectivity index (χ0) is 6.69. The van der Waals surface area contributed by atoms with E-state index < -0.39 is 0 Å². The summed E-state index contributed by atoms with van der Waals surface area (Å²) in [6.07, 6.45) is 0. The Balaban J connectivity index is 0.000000810. The Labute approximate surface area is 66.3 Å². The highest BCUT2D eigenvalue weighted by atomic mass is 35.5. The number of phenols is 1. The van der Waals surface area contributed by atoms with Gasteiger partial charge in [-0.25, -0.2) is 0 Å². The van der Waals surface area contributed by atoms with E-state index in [1.165, 1.54) is 0 Å². The number of nitrogens with one attached hydrogen (secondary N) is 1. The topological polar surface area (TPSA) is 32.3 Å². The third-order valence-electron chi connectivity index (χ3n) is 1.17. The van der Waals surface area contributed by atoms with Crippen molar-refractivity contribution in [1.29, 1.82) is 0 Å². The summed E-state index contributed by atoms with van der Waals surface area (Å²) < 4.78 is 0. The van der Waals surface area contributed by atoms with E-state index in [-0.39, 0.29) is 12.4 Å². The lowest BCUT2D eigenvalue weighted by Crippen LogP contribution is -1.86. The fourth-order valence-electron chi connectivity index (χ4n) is 0.685. The second-order valence-electron chi connectivity index (χ2n) is 1.77. The average Bonchev–Trinajstić information content (AvgIpc) is 1.89. The molecule has 3 heteroatoms. The Bertz CT molecular complexity index is 203. The molecule has 1 aromatic carbocycles. The van der Waals surface area contributed by atoms with Crippen LogP contribution in [0.4, 0.5) is 5.69 Å². The normalized spacial score (nSPS) is 8.10. The van der Waals surface area contributed by atoms with E-state index in [1.54, 1.807) is 19.2 Å². The predicted octanol–water partition coefficient (Wildman–Crippen LogP) is 1.86. The van der Waals surface area contributed by atoms with Crippen LogP contribution >= 0.6 is 12.4 Å². The standard InChI is InChI=1S/C7H9NO.ClH/c1-8-6-4-2-3-5-7(6)9;/h2-5,8-9H,1H3;1H. The molecule has 1 aromatic rings. The van der Waals surface area contributed by atoms with E-state index in [9.17, 15) is 0 Å². The molecule has 0 saturated heterocycles. The minimum atomic E-state index is 0. The van der Waals surface area contributed by atoms with Crippen molar-refractivity contribution in [2.24, 2.45) is 0 Å². The molecule has 0 heterocycles. The maximum Gasteiger partial charge on any atom is 0.138 e. The van der Waals surface area contributed by atoms with Gasteiger partial charge in [0.25, 0.3) is 0 Å². The summed E-state index contributed by atoms with van der Waals surface area (Å²) in [5.41, 5.74) is 0.762. The summed E-state index contributed by atoms with van der Waals surface area (Å²) in [5.74, 6) is 0.292. The zero-order valence-electron chi connectivity index (χ0n) is 5.66. The van der Waals surface area contributed by atoms with Crippen molar-refractivity contribution in [3.8, 4) is 5.75 Å². The van der Waals surface area contributed by atoms with Crippen LogP contribution in [0.5, 0.6) is 5.75 Å². The molecule has 0 amide bonds. The number of anilines is 1. The van der Waals surface area contributed by atoms with E-state index in [2.05, 4.69) is 5.32 Å². The summed E-state index contributed by atoms with van der Waals surface area (Å²) in [5, 5.41) is 11.9. The zero-order valence-corrected chi connectivity index (χ0v) is 6.48. The highest BCUT2D eigenvalue weighted by Gasteiger charge is 1.91. The quantitative estimate of drug-likeness (QED) is 0.613. The lowest BCUT2D eigenvalue weighted by molar-refractivity contribution is 0.477. The molecule has 2 nitrogen and oxygen atoms in total. The Hall–Kier alpha value is -0.890.